The SMILES string of the molecule is NC1(O)C=CC=NC1. The van der Waals surface area contributed by atoms with Crippen LogP contribution in [0.5, 0.6) is 0 Å². The summed E-state index contributed by atoms with van der Waals surface area (Å²) in [5.74, 6) is 0. The maximum absolute atomic E-state index is 8.95. The van der Waals surface area contributed by atoms with Gasteiger partial charge in [-0.15, -0.1) is 0 Å². The molecule has 1 unspecified atom stereocenters. The largest absolute Gasteiger partial charge is 0.370 e. The lowest BCUT2D eigenvalue weighted by Gasteiger charge is -2.17. The molecule has 8 heavy (non-hydrogen) atoms. The van der Waals surface area contributed by atoms with Crippen molar-refractivity contribution >= 4 is 6.21 Å². The van der Waals surface area contributed by atoms with E-state index in [1.807, 2.05) is 0 Å². The second kappa shape index (κ2) is 1.69. The lowest BCUT2D eigenvalue weighted by atomic mass is 10.2. The van der Waals surface area contributed by atoms with Crippen LogP contribution in [0.2, 0.25) is 0 Å². The second-order valence-corrected chi connectivity index (χ2v) is 1.84. The van der Waals surface area contributed by atoms with Crippen LogP contribution in [0.1, 0.15) is 0 Å². The van der Waals surface area contributed by atoms with Crippen LogP contribution in [0.3, 0.4) is 0 Å². The van der Waals surface area contributed by atoms with Gasteiger partial charge in [0.25, 0.3) is 0 Å². The molecule has 1 aliphatic heterocycles. The number of dihydropyridines is 1. The third-order valence-corrected chi connectivity index (χ3v) is 0.921. The highest BCUT2D eigenvalue weighted by Gasteiger charge is 2.16. The van der Waals surface area contributed by atoms with Gasteiger partial charge in [-0.05, 0) is 12.2 Å². The average molecular weight is 112 g/mol. The maximum atomic E-state index is 8.95. The number of nitrogens with zero attached hydrogens (tertiary/aromatic N) is 1. The minimum absolute atomic E-state index is 0.267. The Morgan fingerprint density at radius 1 is 1.75 bits per heavy atom. The molecule has 1 aliphatic rings. The van der Waals surface area contributed by atoms with Crippen LogP contribution in [0.4, 0.5) is 0 Å². The van der Waals surface area contributed by atoms with Crippen molar-refractivity contribution in [3.63, 3.8) is 0 Å². The standard InChI is InChI=1S/C5H8N2O/c6-5(8)2-1-3-7-4-5/h1-3,8H,4,6H2. The van der Waals surface area contributed by atoms with Crippen molar-refractivity contribution in [2.75, 3.05) is 6.54 Å². The second-order valence-electron chi connectivity index (χ2n) is 1.84. The quantitative estimate of drug-likeness (QED) is 0.406. The molecule has 3 nitrogen and oxygen atoms in total. The topological polar surface area (TPSA) is 58.6 Å². The van der Waals surface area contributed by atoms with Gasteiger partial charge in [-0.25, -0.2) is 0 Å². The fourth-order valence-corrected chi connectivity index (χ4v) is 0.522. The Kier molecular flexibility index (Phi) is 1.15. The number of rotatable bonds is 0. The summed E-state index contributed by atoms with van der Waals surface area (Å²) in [6.45, 7) is 0.267. The van der Waals surface area contributed by atoms with Gasteiger partial charge in [-0.1, -0.05) is 0 Å². The predicted molar refractivity (Wildman–Crippen MR) is 31.6 cm³/mol. The summed E-state index contributed by atoms with van der Waals surface area (Å²) in [7, 11) is 0. The minimum Gasteiger partial charge on any atom is -0.370 e. The first-order valence-electron chi connectivity index (χ1n) is 2.40. The highest BCUT2D eigenvalue weighted by atomic mass is 16.3. The number of aliphatic imine (C=N–C) groups is 1. The van der Waals surface area contributed by atoms with Crippen molar-refractivity contribution in [2.24, 2.45) is 10.7 Å². The summed E-state index contributed by atoms with van der Waals surface area (Å²) in [6, 6.07) is 0. The molecule has 0 saturated carbocycles. The Hall–Kier alpha value is -0.670. The van der Waals surface area contributed by atoms with Gasteiger partial charge in [-0.2, -0.15) is 0 Å². The van der Waals surface area contributed by atoms with E-state index in [2.05, 4.69) is 4.99 Å². The van der Waals surface area contributed by atoms with Crippen LogP contribution in [0.15, 0.2) is 17.1 Å². The fraction of sp³-hybridized carbons (Fsp3) is 0.400. The third-order valence-electron chi connectivity index (χ3n) is 0.921. The van der Waals surface area contributed by atoms with Crippen molar-refractivity contribution < 1.29 is 5.11 Å². The first kappa shape index (κ1) is 5.47. The van der Waals surface area contributed by atoms with Crippen LogP contribution < -0.4 is 5.73 Å². The number of hydrogen-bond acceptors (Lipinski definition) is 3. The van der Waals surface area contributed by atoms with Gasteiger partial charge in [0, 0.05) is 6.21 Å². The van der Waals surface area contributed by atoms with Crippen LogP contribution in [0.25, 0.3) is 0 Å². The summed E-state index contributed by atoms with van der Waals surface area (Å²) in [5.41, 5.74) is 4.03. The monoisotopic (exact) mass is 112 g/mol. The van der Waals surface area contributed by atoms with Crippen LogP contribution in [0, 0.1) is 0 Å². The summed E-state index contributed by atoms with van der Waals surface area (Å²) in [4.78, 5) is 3.74. The van der Waals surface area contributed by atoms with Gasteiger partial charge >= 0.3 is 0 Å². The molecular formula is C5H8N2O. The van der Waals surface area contributed by atoms with Gasteiger partial charge in [-0.3, -0.25) is 10.7 Å². The van der Waals surface area contributed by atoms with Crippen LogP contribution in [-0.4, -0.2) is 23.6 Å². The Balaban J connectivity index is 2.65. The van der Waals surface area contributed by atoms with E-state index in [1.165, 1.54) is 6.08 Å². The summed E-state index contributed by atoms with van der Waals surface area (Å²) >= 11 is 0. The minimum atomic E-state index is -1.20. The van der Waals surface area contributed by atoms with E-state index < -0.39 is 5.72 Å². The highest BCUT2D eigenvalue weighted by molar-refractivity contribution is 5.72. The molecule has 0 bridgehead atoms. The Labute approximate surface area is 47.5 Å². The Morgan fingerprint density at radius 2 is 2.50 bits per heavy atom. The predicted octanol–water partition coefficient (Wildman–Crippen LogP) is -0.726. The van der Waals surface area contributed by atoms with E-state index in [4.69, 9.17) is 10.8 Å². The molecule has 0 aromatic heterocycles. The maximum Gasteiger partial charge on any atom is 0.152 e. The molecule has 0 amide bonds. The van der Waals surface area contributed by atoms with Crippen molar-refractivity contribution in [2.45, 2.75) is 5.72 Å². The highest BCUT2D eigenvalue weighted by Crippen LogP contribution is 2.00. The Morgan fingerprint density at radius 3 is 2.75 bits per heavy atom. The van der Waals surface area contributed by atoms with E-state index in [1.54, 1.807) is 12.3 Å². The molecule has 44 valence electrons. The van der Waals surface area contributed by atoms with E-state index in [-0.39, 0.29) is 6.54 Å². The van der Waals surface area contributed by atoms with Gasteiger partial charge < -0.3 is 5.11 Å². The molecule has 0 saturated heterocycles. The van der Waals surface area contributed by atoms with Crippen molar-refractivity contribution in [3.8, 4) is 0 Å². The zero-order valence-electron chi connectivity index (χ0n) is 4.41. The van der Waals surface area contributed by atoms with E-state index in [9.17, 15) is 0 Å². The number of hydrogen-bond donors (Lipinski definition) is 2. The van der Waals surface area contributed by atoms with Crippen molar-refractivity contribution in [1.82, 2.24) is 0 Å². The molecule has 0 spiro atoms. The smallest absolute Gasteiger partial charge is 0.152 e. The molecular weight excluding hydrogens is 104 g/mol. The fourth-order valence-electron chi connectivity index (χ4n) is 0.522. The Bertz CT molecular complexity index is 137. The molecule has 3 heteroatoms. The molecule has 1 atom stereocenters. The number of aliphatic hydroxyl groups is 1. The van der Waals surface area contributed by atoms with E-state index in [0.29, 0.717) is 0 Å². The molecule has 0 aromatic carbocycles. The summed E-state index contributed by atoms with van der Waals surface area (Å²) < 4.78 is 0. The normalized spacial score (nSPS) is 35.8. The van der Waals surface area contributed by atoms with Crippen molar-refractivity contribution in [3.05, 3.63) is 12.2 Å². The zero-order valence-corrected chi connectivity index (χ0v) is 4.41. The molecule has 0 fully saturated rings. The van der Waals surface area contributed by atoms with Gasteiger partial charge in [0.05, 0.1) is 6.54 Å². The average Bonchev–Trinajstić information content (AvgIpc) is 1.65. The van der Waals surface area contributed by atoms with Crippen LogP contribution in [-0.2, 0) is 0 Å². The van der Waals surface area contributed by atoms with E-state index >= 15 is 0 Å². The molecule has 3 N–H and O–H groups in total. The van der Waals surface area contributed by atoms with Gasteiger partial charge in [0.15, 0.2) is 5.72 Å². The number of nitrogens with two attached hydrogens (primary N) is 1. The van der Waals surface area contributed by atoms with Crippen LogP contribution >= 0.6 is 0 Å². The van der Waals surface area contributed by atoms with Gasteiger partial charge in [0.1, 0.15) is 0 Å². The molecule has 1 rings (SSSR count). The summed E-state index contributed by atoms with van der Waals surface area (Å²) in [5, 5.41) is 8.95. The molecule has 0 aliphatic carbocycles. The molecule has 1 heterocycles. The van der Waals surface area contributed by atoms with Gasteiger partial charge in [0.2, 0.25) is 0 Å². The molecule has 0 aromatic rings. The van der Waals surface area contributed by atoms with E-state index in [0.717, 1.165) is 0 Å². The molecule has 0 radical (unpaired) electrons. The first-order valence-corrected chi connectivity index (χ1v) is 2.40. The van der Waals surface area contributed by atoms with Crippen molar-refractivity contribution in [1.29, 1.82) is 0 Å². The summed E-state index contributed by atoms with van der Waals surface area (Å²) in [6.07, 6.45) is 4.75. The first-order chi connectivity index (χ1) is 3.71. The lowest BCUT2D eigenvalue weighted by Crippen LogP contribution is -2.41. The lowest BCUT2D eigenvalue weighted by molar-refractivity contribution is 0.107. The third kappa shape index (κ3) is 1.15. The zero-order chi connectivity index (χ0) is 6.04. The number of allylic oxidation sites excluding steroid dienone is 1.